The number of rotatable bonds is 6. The number of aliphatic hydroxyl groups is 1. The van der Waals surface area contributed by atoms with Crippen LogP contribution in [0, 0.1) is 0 Å². The molecule has 1 heterocycles. The van der Waals surface area contributed by atoms with E-state index in [2.05, 4.69) is 0 Å². The first-order valence-corrected chi connectivity index (χ1v) is 10.3. The van der Waals surface area contributed by atoms with E-state index >= 15 is 0 Å². The number of hydrogen-bond acceptors (Lipinski definition) is 5. The maximum Gasteiger partial charge on any atom is 0.410 e. The van der Waals surface area contributed by atoms with Gasteiger partial charge in [0.1, 0.15) is 6.61 Å². The van der Waals surface area contributed by atoms with Gasteiger partial charge in [-0.05, 0) is 36.1 Å². The Hall–Kier alpha value is -2.86. The standard InChI is InChI=1S/C24H29NO5/c1-3-13-24(28)14-15-25(23(27)30-17-18-7-5-4-6-8-18)21(16-24)19-9-11-20(12-10-19)22(26)29-2/h4-12,21,28H,3,13-17H2,1-2H3/t21-,24?/m0/s1. The van der Waals surface area contributed by atoms with E-state index in [-0.39, 0.29) is 12.6 Å². The summed E-state index contributed by atoms with van der Waals surface area (Å²) in [7, 11) is 1.34. The third-order valence-electron chi connectivity index (χ3n) is 5.64. The summed E-state index contributed by atoms with van der Waals surface area (Å²) in [6.07, 6.45) is 2.08. The van der Waals surface area contributed by atoms with Crippen LogP contribution in [0.4, 0.5) is 4.79 Å². The van der Waals surface area contributed by atoms with Crippen molar-refractivity contribution in [1.29, 1.82) is 0 Å². The molecule has 30 heavy (non-hydrogen) atoms. The number of hydrogen-bond donors (Lipinski definition) is 1. The van der Waals surface area contributed by atoms with Gasteiger partial charge in [-0.2, -0.15) is 0 Å². The number of likely N-dealkylation sites (tertiary alicyclic amines) is 1. The lowest BCUT2D eigenvalue weighted by Crippen LogP contribution is -2.48. The Morgan fingerprint density at radius 1 is 1.13 bits per heavy atom. The van der Waals surface area contributed by atoms with Gasteiger partial charge in [0, 0.05) is 13.0 Å². The van der Waals surface area contributed by atoms with E-state index in [9.17, 15) is 14.7 Å². The summed E-state index contributed by atoms with van der Waals surface area (Å²) in [5.74, 6) is -0.410. The molecule has 0 spiro atoms. The van der Waals surface area contributed by atoms with E-state index in [0.29, 0.717) is 31.4 Å². The molecule has 2 aromatic rings. The minimum absolute atomic E-state index is 0.198. The van der Waals surface area contributed by atoms with Gasteiger partial charge < -0.3 is 19.5 Å². The Balaban J connectivity index is 1.79. The molecule has 2 aromatic carbocycles. The number of piperidine rings is 1. The largest absolute Gasteiger partial charge is 0.465 e. The molecule has 1 N–H and O–H groups in total. The lowest BCUT2D eigenvalue weighted by atomic mass is 9.81. The minimum atomic E-state index is -0.823. The maximum absolute atomic E-state index is 12.9. The van der Waals surface area contributed by atoms with Gasteiger partial charge in [-0.1, -0.05) is 55.8 Å². The van der Waals surface area contributed by atoms with Crippen molar-refractivity contribution in [2.45, 2.75) is 50.9 Å². The number of amides is 1. The van der Waals surface area contributed by atoms with Gasteiger partial charge in [-0.3, -0.25) is 0 Å². The molecule has 1 saturated heterocycles. The van der Waals surface area contributed by atoms with E-state index in [1.54, 1.807) is 17.0 Å². The van der Waals surface area contributed by atoms with E-state index < -0.39 is 17.7 Å². The summed E-state index contributed by atoms with van der Waals surface area (Å²) in [4.78, 5) is 26.3. The molecule has 1 aliphatic rings. The number of nitrogens with zero attached hydrogens (tertiary/aromatic N) is 1. The zero-order valence-corrected chi connectivity index (χ0v) is 17.5. The lowest BCUT2D eigenvalue weighted by Gasteiger charge is -2.43. The lowest BCUT2D eigenvalue weighted by molar-refractivity contribution is -0.0512. The molecule has 0 aliphatic carbocycles. The third-order valence-corrected chi connectivity index (χ3v) is 5.64. The molecule has 6 heteroatoms. The normalized spacial score (nSPS) is 21.2. The monoisotopic (exact) mass is 411 g/mol. The van der Waals surface area contributed by atoms with Gasteiger partial charge in [-0.25, -0.2) is 9.59 Å². The molecule has 1 fully saturated rings. The fourth-order valence-corrected chi connectivity index (χ4v) is 4.03. The smallest absolute Gasteiger partial charge is 0.410 e. The summed E-state index contributed by atoms with van der Waals surface area (Å²) < 4.78 is 10.3. The summed E-state index contributed by atoms with van der Waals surface area (Å²) in [6.45, 7) is 2.65. The first-order valence-electron chi connectivity index (χ1n) is 10.3. The van der Waals surface area contributed by atoms with Crippen LogP contribution in [0.5, 0.6) is 0 Å². The third kappa shape index (κ3) is 5.19. The van der Waals surface area contributed by atoms with Crippen molar-refractivity contribution in [3.05, 3.63) is 71.3 Å². The Labute approximate surface area is 177 Å². The van der Waals surface area contributed by atoms with Crippen molar-refractivity contribution in [2.24, 2.45) is 0 Å². The van der Waals surface area contributed by atoms with Crippen molar-refractivity contribution in [1.82, 2.24) is 4.90 Å². The fourth-order valence-electron chi connectivity index (χ4n) is 4.03. The molecule has 0 aromatic heterocycles. The highest BCUT2D eigenvalue weighted by atomic mass is 16.6. The number of carbonyl (C=O) groups is 2. The minimum Gasteiger partial charge on any atom is -0.465 e. The number of methoxy groups -OCH3 is 1. The summed E-state index contributed by atoms with van der Waals surface area (Å²) >= 11 is 0. The second kappa shape index (κ2) is 9.76. The topological polar surface area (TPSA) is 76.1 Å². The number of ether oxygens (including phenoxy) is 2. The zero-order valence-electron chi connectivity index (χ0n) is 17.5. The predicted molar refractivity (Wildman–Crippen MR) is 113 cm³/mol. The van der Waals surface area contributed by atoms with Crippen LogP contribution in [0.15, 0.2) is 54.6 Å². The van der Waals surface area contributed by atoms with Gasteiger partial charge in [0.25, 0.3) is 0 Å². The maximum atomic E-state index is 12.9. The molecule has 1 aliphatic heterocycles. The highest BCUT2D eigenvalue weighted by molar-refractivity contribution is 5.89. The van der Waals surface area contributed by atoms with Crippen LogP contribution in [-0.4, -0.2) is 41.3 Å². The Morgan fingerprint density at radius 3 is 2.47 bits per heavy atom. The van der Waals surface area contributed by atoms with Crippen molar-refractivity contribution < 1.29 is 24.2 Å². The van der Waals surface area contributed by atoms with E-state index in [4.69, 9.17) is 9.47 Å². The average Bonchev–Trinajstić information content (AvgIpc) is 2.77. The summed E-state index contributed by atoms with van der Waals surface area (Å²) in [5, 5.41) is 11.0. The first kappa shape index (κ1) is 21.8. The molecular formula is C24H29NO5. The Kier molecular flexibility index (Phi) is 7.11. The zero-order chi connectivity index (χ0) is 21.6. The van der Waals surface area contributed by atoms with Crippen molar-refractivity contribution >= 4 is 12.1 Å². The van der Waals surface area contributed by atoms with Gasteiger partial charge in [0.05, 0.1) is 24.3 Å². The Morgan fingerprint density at radius 2 is 1.83 bits per heavy atom. The summed E-state index contributed by atoms with van der Waals surface area (Å²) in [5.41, 5.74) is 1.40. The molecule has 0 radical (unpaired) electrons. The number of benzene rings is 2. The van der Waals surface area contributed by atoms with Gasteiger partial charge in [0.2, 0.25) is 0 Å². The second-order valence-electron chi connectivity index (χ2n) is 7.79. The molecule has 3 rings (SSSR count). The Bertz CT molecular complexity index is 852. The quantitative estimate of drug-likeness (QED) is 0.710. The highest BCUT2D eigenvalue weighted by Gasteiger charge is 2.41. The molecule has 1 amide bonds. The molecule has 0 bridgehead atoms. The van der Waals surface area contributed by atoms with E-state index in [1.807, 2.05) is 49.4 Å². The number of carbonyl (C=O) groups excluding carboxylic acids is 2. The summed E-state index contributed by atoms with van der Waals surface area (Å²) in [6, 6.07) is 16.2. The van der Waals surface area contributed by atoms with Gasteiger partial charge >= 0.3 is 12.1 Å². The van der Waals surface area contributed by atoms with Crippen LogP contribution >= 0.6 is 0 Å². The van der Waals surface area contributed by atoms with Crippen molar-refractivity contribution in [2.75, 3.05) is 13.7 Å². The molecule has 6 nitrogen and oxygen atoms in total. The highest BCUT2D eigenvalue weighted by Crippen LogP contribution is 2.39. The van der Waals surface area contributed by atoms with Gasteiger partial charge in [0.15, 0.2) is 0 Å². The van der Waals surface area contributed by atoms with Crippen molar-refractivity contribution in [3.8, 4) is 0 Å². The number of esters is 1. The molecule has 2 atom stereocenters. The van der Waals surface area contributed by atoms with Crippen molar-refractivity contribution in [3.63, 3.8) is 0 Å². The van der Waals surface area contributed by atoms with Crippen LogP contribution in [0.1, 0.15) is 60.1 Å². The van der Waals surface area contributed by atoms with Crippen LogP contribution in [0.2, 0.25) is 0 Å². The molecule has 160 valence electrons. The van der Waals surface area contributed by atoms with Crippen LogP contribution in [0.3, 0.4) is 0 Å². The average molecular weight is 411 g/mol. The van der Waals surface area contributed by atoms with Crippen LogP contribution < -0.4 is 0 Å². The molecule has 0 saturated carbocycles. The first-order chi connectivity index (χ1) is 14.5. The molecular weight excluding hydrogens is 382 g/mol. The SMILES string of the molecule is CCCC1(O)CCN(C(=O)OCc2ccccc2)[C@H](c2ccc(C(=O)OC)cc2)C1. The van der Waals surface area contributed by atoms with E-state index in [0.717, 1.165) is 17.5 Å². The van der Waals surface area contributed by atoms with E-state index in [1.165, 1.54) is 7.11 Å². The predicted octanol–water partition coefficient (Wildman–Crippen LogP) is 4.48. The van der Waals surface area contributed by atoms with Crippen LogP contribution in [0.25, 0.3) is 0 Å². The second-order valence-corrected chi connectivity index (χ2v) is 7.79. The van der Waals surface area contributed by atoms with Crippen LogP contribution in [-0.2, 0) is 16.1 Å². The molecule has 1 unspecified atom stereocenters. The fraction of sp³-hybridized carbons (Fsp3) is 0.417. The van der Waals surface area contributed by atoms with Gasteiger partial charge in [-0.15, -0.1) is 0 Å².